The van der Waals surface area contributed by atoms with E-state index in [4.69, 9.17) is 0 Å². The van der Waals surface area contributed by atoms with E-state index in [0.29, 0.717) is 16.6 Å². The number of rotatable bonds is 2. The fraction of sp³-hybridized carbons (Fsp3) is 0.133. The number of carboxylic acids is 1. The van der Waals surface area contributed by atoms with Crippen LogP contribution in [0, 0.1) is 0 Å². The van der Waals surface area contributed by atoms with Gasteiger partial charge in [0.25, 0.3) is 0 Å². The summed E-state index contributed by atoms with van der Waals surface area (Å²) in [6.45, 7) is 0. The molecule has 5 heteroatoms. The molecule has 100 valence electrons. The molecule has 20 heavy (non-hydrogen) atoms. The van der Waals surface area contributed by atoms with E-state index < -0.39 is 5.97 Å². The lowest BCUT2D eigenvalue weighted by molar-refractivity contribution is 0.0699. The summed E-state index contributed by atoms with van der Waals surface area (Å²) < 4.78 is 0. The lowest BCUT2D eigenvalue weighted by Crippen LogP contribution is -2.10. The average molecular weight is 267 g/mol. The largest absolute Gasteiger partial charge is 0.478 e. The van der Waals surface area contributed by atoms with Crippen molar-refractivity contribution in [3.63, 3.8) is 0 Å². The molecule has 1 heterocycles. The topological polar surface area (TPSA) is 66.3 Å². The van der Waals surface area contributed by atoms with Crippen LogP contribution in [0.3, 0.4) is 0 Å². The SMILES string of the molecule is CN(C)c1cccc2nc3cccc(C(=O)O)c3nc12. The van der Waals surface area contributed by atoms with E-state index in [-0.39, 0.29) is 5.56 Å². The van der Waals surface area contributed by atoms with Crippen molar-refractivity contribution >= 4 is 33.7 Å². The number of hydrogen-bond donors (Lipinski definition) is 1. The summed E-state index contributed by atoms with van der Waals surface area (Å²) in [5.74, 6) is -0.994. The van der Waals surface area contributed by atoms with E-state index in [1.165, 1.54) is 0 Å². The van der Waals surface area contributed by atoms with Crippen LogP contribution in [0.25, 0.3) is 22.1 Å². The molecule has 1 aromatic heterocycles. The van der Waals surface area contributed by atoms with Crippen molar-refractivity contribution in [2.75, 3.05) is 19.0 Å². The van der Waals surface area contributed by atoms with Crippen molar-refractivity contribution in [3.8, 4) is 0 Å². The third kappa shape index (κ3) is 1.84. The van der Waals surface area contributed by atoms with Crippen LogP contribution in [-0.2, 0) is 0 Å². The summed E-state index contributed by atoms with van der Waals surface area (Å²) in [6, 6.07) is 10.7. The normalized spacial score (nSPS) is 10.9. The van der Waals surface area contributed by atoms with Crippen LogP contribution in [0.5, 0.6) is 0 Å². The summed E-state index contributed by atoms with van der Waals surface area (Å²) in [6.07, 6.45) is 0. The van der Waals surface area contributed by atoms with Crippen LogP contribution in [0.15, 0.2) is 36.4 Å². The molecule has 1 N–H and O–H groups in total. The molecule has 0 fully saturated rings. The summed E-state index contributed by atoms with van der Waals surface area (Å²) >= 11 is 0. The van der Waals surface area contributed by atoms with E-state index >= 15 is 0 Å². The molecule has 0 aliphatic rings. The van der Waals surface area contributed by atoms with Gasteiger partial charge in [-0.15, -0.1) is 0 Å². The Morgan fingerprint density at radius 3 is 2.30 bits per heavy atom. The van der Waals surface area contributed by atoms with Crippen molar-refractivity contribution in [2.24, 2.45) is 0 Å². The van der Waals surface area contributed by atoms with Gasteiger partial charge in [0.1, 0.15) is 11.0 Å². The molecule has 0 radical (unpaired) electrons. The molecule has 0 atom stereocenters. The highest BCUT2D eigenvalue weighted by atomic mass is 16.4. The second-order valence-corrected chi connectivity index (χ2v) is 4.74. The van der Waals surface area contributed by atoms with Crippen molar-refractivity contribution in [2.45, 2.75) is 0 Å². The summed E-state index contributed by atoms with van der Waals surface area (Å²) in [4.78, 5) is 22.3. The number of carbonyl (C=O) groups is 1. The third-order valence-corrected chi connectivity index (χ3v) is 3.18. The minimum absolute atomic E-state index is 0.172. The average Bonchev–Trinajstić information content (AvgIpc) is 2.43. The second-order valence-electron chi connectivity index (χ2n) is 4.74. The van der Waals surface area contributed by atoms with Gasteiger partial charge in [0, 0.05) is 14.1 Å². The van der Waals surface area contributed by atoms with Crippen molar-refractivity contribution < 1.29 is 9.90 Å². The smallest absolute Gasteiger partial charge is 0.337 e. The third-order valence-electron chi connectivity index (χ3n) is 3.18. The van der Waals surface area contributed by atoms with Crippen LogP contribution in [-0.4, -0.2) is 35.1 Å². The van der Waals surface area contributed by atoms with E-state index in [1.54, 1.807) is 18.2 Å². The Kier molecular flexibility index (Phi) is 2.75. The Morgan fingerprint density at radius 1 is 1.00 bits per heavy atom. The Bertz CT molecular complexity index is 828. The Hall–Kier alpha value is -2.69. The van der Waals surface area contributed by atoms with E-state index in [1.807, 2.05) is 37.2 Å². The minimum Gasteiger partial charge on any atom is -0.478 e. The fourth-order valence-corrected chi connectivity index (χ4v) is 2.24. The number of carboxylic acid groups (broad SMARTS) is 1. The fourth-order valence-electron chi connectivity index (χ4n) is 2.24. The van der Waals surface area contributed by atoms with Gasteiger partial charge in [0.05, 0.1) is 22.3 Å². The molecule has 0 saturated heterocycles. The van der Waals surface area contributed by atoms with Crippen molar-refractivity contribution in [1.29, 1.82) is 0 Å². The molecular weight excluding hydrogens is 254 g/mol. The predicted molar refractivity (Wildman–Crippen MR) is 78.3 cm³/mol. The van der Waals surface area contributed by atoms with Gasteiger partial charge in [-0.05, 0) is 24.3 Å². The van der Waals surface area contributed by atoms with Crippen LogP contribution in [0.4, 0.5) is 5.69 Å². The highest BCUT2D eigenvalue weighted by Crippen LogP contribution is 2.26. The van der Waals surface area contributed by atoms with E-state index in [9.17, 15) is 9.90 Å². The molecule has 0 aliphatic heterocycles. The van der Waals surface area contributed by atoms with Gasteiger partial charge in [-0.2, -0.15) is 0 Å². The molecule has 2 aromatic carbocycles. The van der Waals surface area contributed by atoms with E-state index in [2.05, 4.69) is 9.97 Å². The predicted octanol–water partition coefficient (Wildman–Crippen LogP) is 2.55. The van der Waals surface area contributed by atoms with Gasteiger partial charge in [0.15, 0.2) is 0 Å². The number of nitrogens with zero attached hydrogens (tertiary/aromatic N) is 3. The number of aromatic nitrogens is 2. The Morgan fingerprint density at radius 2 is 1.65 bits per heavy atom. The molecule has 0 unspecified atom stereocenters. The maximum absolute atomic E-state index is 11.3. The lowest BCUT2D eigenvalue weighted by Gasteiger charge is -2.14. The highest BCUT2D eigenvalue weighted by molar-refractivity contribution is 6.03. The molecule has 5 nitrogen and oxygen atoms in total. The van der Waals surface area contributed by atoms with Crippen LogP contribution < -0.4 is 4.90 Å². The van der Waals surface area contributed by atoms with Gasteiger partial charge in [-0.25, -0.2) is 14.8 Å². The van der Waals surface area contributed by atoms with Crippen LogP contribution >= 0.6 is 0 Å². The standard InChI is InChI=1S/C15H13N3O2/c1-18(2)12-8-4-7-11-14(12)17-13-9(15(19)20)5-3-6-10(13)16-11/h3-8H,1-2H3,(H,19,20). The minimum atomic E-state index is -0.994. The first-order valence-corrected chi connectivity index (χ1v) is 6.18. The molecule has 3 aromatic rings. The zero-order chi connectivity index (χ0) is 14.3. The zero-order valence-electron chi connectivity index (χ0n) is 11.2. The maximum Gasteiger partial charge on any atom is 0.337 e. The number of aromatic carboxylic acids is 1. The van der Waals surface area contributed by atoms with Gasteiger partial charge < -0.3 is 10.0 Å². The number of fused-ring (bicyclic) bond motifs is 2. The van der Waals surface area contributed by atoms with Gasteiger partial charge in [0.2, 0.25) is 0 Å². The lowest BCUT2D eigenvalue weighted by atomic mass is 10.1. The molecule has 3 rings (SSSR count). The molecule has 0 aliphatic carbocycles. The van der Waals surface area contributed by atoms with Crippen molar-refractivity contribution in [3.05, 3.63) is 42.0 Å². The first-order valence-electron chi connectivity index (χ1n) is 6.18. The molecule has 0 saturated carbocycles. The van der Waals surface area contributed by atoms with Crippen LogP contribution in [0.1, 0.15) is 10.4 Å². The van der Waals surface area contributed by atoms with Gasteiger partial charge in [-0.1, -0.05) is 12.1 Å². The number of anilines is 1. The molecular formula is C15H13N3O2. The first kappa shape index (κ1) is 12.3. The number of benzene rings is 2. The monoisotopic (exact) mass is 267 g/mol. The quantitative estimate of drug-likeness (QED) is 0.723. The Labute approximate surface area is 115 Å². The van der Waals surface area contributed by atoms with Crippen LogP contribution in [0.2, 0.25) is 0 Å². The van der Waals surface area contributed by atoms with E-state index in [0.717, 1.165) is 11.2 Å². The van der Waals surface area contributed by atoms with Gasteiger partial charge >= 0.3 is 5.97 Å². The highest BCUT2D eigenvalue weighted by Gasteiger charge is 2.13. The molecule has 0 bridgehead atoms. The molecule has 0 amide bonds. The summed E-state index contributed by atoms with van der Waals surface area (Å²) in [7, 11) is 3.84. The second kappa shape index (κ2) is 4.45. The van der Waals surface area contributed by atoms with Crippen molar-refractivity contribution in [1.82, 2.24) is 9.97 Å². The number of hydrogen-bond acceptors (Lipinski definition) is 4. The summed E-state index contributed by atoms with van der Waals surface area (Å²) in [5.41, 5.74) is 3.56. The first-order chi connectivity index (χ1) is 9.58. The maximum atomic E-state index is 11.3. The zero-order valence-corrected chi connectivity index (χ0v) is 11.2. The number of para-hydroxylation sites is 2. The molecule has 0 spiro atoms. The summed E-state index contributed by atoms with van der Waals surface area (Å²) in [5, 5.41) is 9.26. The Balaban J connectivity index is 2.45. The van der Waals surface area contributed by atoms with Gasteiger partial charge in [-0.3, -0.25) is 0 Å².